The second-order valence-electron chi connectivity index (χ2n) is 9.06. The number of nitrogens with one attached hydrogen (secondary N) is 2. The molecule has 0 fully saturated rings. The van der Waals surface area contributed by atoms with Crippen LogP contribution in [0.1, 0.15) is 69.7 Å². The maximum atomic E-state index is 13.5. The Bertz CT molecular complexity index is 925. The van der Waals surface area contributed by atoms with Crippen molar-refractivity contribution >= 4 is 23.8 Å². The fourth-order valence-electron chi connectivity index (χ4n) is 3.41. The Kier molecular flexibility index (Phi) is 10.6. The zero-order valence-corrected chi connectivity index (χ0v) is 20.9. The molecule has 4 N–H and O–H groups in total. The molecule has 4 amide bonds. The number of primary amides is 1. The van der Waals surface area contributed by atoms with E-state index >= 15 is 0 Å². The van der Waals surface area contributed by atoms with Crippen LogP contribution in [0.25, 0.3) is 0 Å². The topological polar surface area (TPSA) is 131 Å². The molecule has 0 saturated carbocycles. The molecule has 2 atom stereocenters. The van der Waals surface area contributed by atoms with E-state index in [9.17, 15) is 19.2 Å². The van der Waals surface area contributed by atoms with Gasteiger partial charge >= 0.3 is 6.09 Å². The average molecular weight is 473 g/mol. The van der Waals surface area contributed by atoms with E-state index in [2.05, 4.69) is 16.7 Å². The number of benzene rings is 1. The normalized spacial score (nSPS) is 12.6. The maximum absolute atomic E-state index is 13.5. The third-order valence-electron chi connectivity index (χ3n) is 4.92. The van der Waals surface area contributed by atoms with Gasteiger partial charge in [0.1, 0.15) is 17.7 Å². The molecular formula is C25H36N4O5. The molecule has 0 aliphatic heterocycles. The second kappa shape index (κ2) is 12.6. The Morgan fingerprint density at radius 3 is 2.24 bits per heavy atom. The van der Waals surface area contributed by atoms with Crippen molar-refractivity contribution in [3.05, 3.63) is 34.9 Å². The first kappa shape index (κ1) is 28.5. The number of amides is 4. The summed E-state index contributed by atoms with van der Waals surface area (Å²) in [6.45, 7) is 11.0. The predicted molar refractivity (Wildman–Crippen MR) is 129 cm³/mol. The van der Waals surface area contributed by atoms with Crippen LogP contribution in [0.5, 0.6) is 0 Å². The monoisotopic (exact) mass is 472 g/mol. The van der Waals surface area contributed by atoms with Crippen molar-refractivity contribution in [2.45, 2.75) is 78.5 Å². The van der Waals surface area contributed by atoms with E-state index in [4.69, 9.17) is 16.9 Å². The molecule has 0 aliphatic carbocycles. The fraction of sp³-hybridized carbons (Fsp3) is 0.520. The molecule has 9 nitrogen and oxygen atoms in total. The van der Waals surface area contributed by atoms with Gasteiger partial charge in [0.25, 0.3) is 5.91 Å². The Labute approximate surface area is 201 Å². The minimum absolute atomic E-state index is 0.407. The summed E-state index contributed by atoms with van der Waals surface area (Å²) in [6, 6.07) is 5.15. The zero-order chi connectivity index (χ0) is 26.1. The first-order valence-electron chi connectivity index (χ1n) is 11.2. The van der Waals surface area contributed by atoms with Gasteiger partial charge < -0.3 is 21.1 Å². The third-order valence-corrected chi connectivity index (χ3v) is 4.92. The summed E-state index contributed by atoms with van der Waals surface area (Å²) in [6.07, 6.45) is 5.90. The molecular weight excluding hydrogens is 436 g/mol. The number of nitrogens with two attached hydrogens (primary N) is 1. The van der Waals surface area contributed by atoms with Crippen molar-refractivity contribution in [2.24, 2.45) is 5.73 Å². The lowest BCUT2D eigenvalue weighted by Crippen LogP contribution is -2.52. The summed E-state index contributed by atoms with van der Waals surface area (Å²) in [7, 11) is 0. The molecule has 0 aliphatic rings. The molecule has 186 valence electrons. The van der Waals surface area contributed by atoms with Crippen molar-refractivity contribution in [3.63, 3.8) is 0 Å². The number of unbranched alkanes of at least 4 members (excludes halogenated alkanes) is 1. The highest BCUT2D eigenvalue weighted by atomic mass is 16.6. The first-order valence-corrected chi connectivity index (χ1v) is 11.2. The summed E-state index contributed by atoms with van der Waals surface area (Å²) < 4.78 is 5.21. The molecule has 9 heteroatoms. The Morgan fingerprint density at radius 2 is 1.76 bits per heavy atom. The van der Waals surface area contributed by atoms with Gasteiger partial charge in [0.2, 0.25) is 11.8 Å². The molecule has 0 aromatic heterocycles. The van der Waals surface area contributed by atoms with Crippen LogP contribution in [0.4, 0.5) is 4.79 Å². The minimum atomic E-state index is -1.42. The van der Waals surface area contributed by atoms with Gasteiger partial charge in [-0.25, -0.2) is 4.79 Å². The Hall–Kier alpha value is -3.54. The number of hydrogen-bond acceptors (Lipinski definition) is 5. The summed E-state index contributed by atoms with van der Waals surface area (Å²) in [5.74, 6) is -2.12. The number of terminal acetylenes is 1. The van der Waals surface area contributed by atoms with E-state index in [1.165, 1.54) is 0 Å². The van der Waals surface area contributed by atoms with Crippen LogP contribution < -0.4 is 16.4 Å². The molecule has 1 rings (SSSR count). The van der Waals surface area contributed by atoms with Gasteiger partial charge in [0.15, 0.2) is 0 Å². The smallest absolute Gasteiger partial charge is 0.408 e. The number of hydrogen-bond donors (Lipinski definition) is 3. The van der Waals surface area contributed by atoms with Gasteiger partial charge in [-0.15, -0.1) is 0 Å². The SMILES string of the molecule is C#CN(C(=O)C(CC(N)=O)NC(=O)OC(C)(C)C)C(C(=O)NCCCC)c1c(C)cccc1C. The van der Waals surface area contributed by atoms with Crippen LogP contribution in [0.15, 0.2) is 18.2 Å². The van der Waals surface area contributed by atoms with Crippen molar-refractivity contribution in [1.29, 1.82) is 0 Å². The van der Waals surface area contributed by atoms with Crippen LogP contribution in [-0.4, -0.2) is 46.9 Å². The van der Waals surface area contributed by atoms with E-state index in [1.54, 1.807) is 20.8 Å². The van der Waals surface area contributed by atoms with Crippen LogP contribution in [0.3, 0.4) is 0 Å². The van der Waals surface area contributed by atoms with Crippen molar-refractivity contribution in [3.8, 4) is 12.5 Å². The van der Waals surface area contributed by atoms with Crippen LogP contribution in [-0.2, 0) is 19.1 Å². The lowest BCUT2D eigenvalue weighted by molar-refractivity contribution is -0.139. The number of carbonyl (C=O) groups excluding carboxylic acids is 4. The lowest BCUT2D eigenvalue weighted by Gasteiger charge is -2.31. The van der Waals surface area contributed by atoms with E-state index < -0.39 is 47.9 Å². The number of nitrogens with zero attached hydrogens (tertiary/aromatic N) is 1. The van der Waals surface area contributed by atoms with Gasteiger partial charge in [-0.05, 0) is 57.7 Å². The lowest BCUT2D eigenvalue weighted by atomic mass is 9.93. The Morgan fingerprint density at radius 1 is 1.18 bits per heavy atom. The number of ether oxygens (including phenoxy) is 1. The third kappa shape index (κ3) is 8.43. The number of alkyl carbamates (subject to hydrolysis) is 1. The molecule has 0 spiro atoms. The fourth-order valence-corrected chi connectivity index (χ4v) is 3.41. The highest BCUT2D eigenvalue weighted by molar-refractivity contribution is 5.95. The molecule has 2 unspecified atom stereocenters. The van der Waals surface area contributed by atoms with Crippen LogP contribution >= 0.6 is 0 Å². The molecule has 1 aromatic carbocycles. The summed E-state index contributed by atoms with van der Waals surface area (Å²) in [5, 5.41) is 5.19. The maximum Gasteiger partial charge on any atom is 0.408 e. The highest BCUT2D eigenvalue weighted by Gasteiger charge is 2.37. The van der Waals surface area contributed by atoms with Crippen molar-refractivity contribution < 1.29 is 23.9 Å². The first-order chi connectivity index (χ1) is 15.8. The van der Waals surface area contributed by atoms with Gasteiger partial charge in [-0.1, -0.05) is 38.0 Å². The van der Waals surface area contributed by atoms with Crippen LogP contribution in [0, 0.1) is 26.3 Å². The predicted octanol–water partition coefficient (Wildman–Crippen LogP) is 2.45. The van der Waals surface area contributed by atoms with Gasteiger partial charge in [-0.2, -0.15) is 0 Å². The van der Waals surface area contributed by atoms with Crippen molar-refractivity contribution in [2.75, 3.05) is 6.54 Å². The number of carbonyl (C=O) groups is 4. The summed E-state index contributed by atoms with van der Waals surface area (Å²) >= 11 is 0. The molecule has 34 heavy (non-hydrogen) atoms. The van der Waals surface area contributed by atoms with Crippen LogP contribution in [0.2, 0.25) is 0 Å². The average Bonchev–Trinajstić information content (AvgIpc) is 2.70. The van der Waals surface area contributed by atoms with Gasteiger partial charge in [-0.3, -0.25) is 19.3 Å². The van der Waals surface area contributed by atoms with E-state index in [-0.39, 0.29) is 0 Å². The van der Waals surface area contributed by atoms with E-state index in [0.717, 1.165) is 28.9 Å². The number of aryl methyl sites for hydroxylation is 2. The summed E-state index contributed by atoms with van der Waals surface area (Å²) in [4.78, 5) is 51.7. The largest absolute Gasteiger partial charge is 0.444 e. The molecule has 1 aromatic rings. The number of rotatable bonds is 10. The molecule has 0 radical (unpaired) electrons. The summed E-state index contributed by atoms with van der Waals surface area (Å²) in [5.41, 5.74) is 6.57. The van der Waals surface area contributed by atoms with Crippen molar-refractivity contribution in [1.82, 2.24) is 15.5 Å². The highest BCUT2D eigenvalue weighted by Crippen LogP contribution is 2.28. The second-order valence-corrected chi connectivity index (χ2v) is 9.06. The quantitative estimate of drug-likeness (QED) is 0.273. The van der Waals surface area contributed by atoms with E-state index in [1.807, 2.05) is 39.0 Å². The molecule has 0 saturated heterocycles. The Balaban J connectivity index is 3.44. The standard InChI is InChI=1S/C25H36N4O5/c1-8-10-14-27-22(31)21(20-16(3)12-11-13-17(20)4)29(9-2)23(32)18(15-19(26)30)28-24(33)34-25(5,6)7/h2,11-13,18,21H,8,10,14-15H2,1,3-7H3,(H2,26,30)(H,27,31)(H,28,33). The van der Waals surface area contributed by atoms with Gasteiger partial charge in [0.05, 0.1) is 6.42 Å². The minimum Gasteiger partial charge on any atom is -0.444 e. The van der Waals surface area contributed by atoms with E-state index in [0.29, 0.717) is 12.1 Å². The molecule has 0 bridgehead atoms. The zero-order valence-electron chi connectivity index (χ0n) is 20.9. The molecule has 0 heterocycles. The van der Waals surface area contributed by atoms with Gasteiger partial charge in [0, 0.05) is 12.6 Å².